The number of hydrogen-bond donors (Lipinski definition) is 1. The summed E-state index contributed by atoms with van der Waals surface area (Å²) in [6.07, 6.45) is 8.84. The van der Waals surface area contributed by atoms with Crippen LogP contribution >= 0.6 is 0 Å². The first-order valence-corrected chi connectivity index (χ1v) is 30.4. The molecule has 66 heavy (non-hydrogen) atoms. The molecule has 2 saturated carbocycles. The zero-order valence-corrected chi connectivity index (χ0v) is 44.4. The molecular formula is C54H82O10Si2. The molecule has 2 aliphatic carbocycles. The minimum absolute atomic E-state index is 0.00400. The molecule has 0 unspecified atom stereocenters. The molecule has 366 valence electrons. The molecule has 2 aliphatic rings. The lowest BCUT2D eigenvalue weighted by atomic mass is 9.62. The van der Waals surface area contributed by atoms with Crippen LogP contribution in [0.5, 0.6) is 11.5 Å². The van der Waals surface area contributed by atoms with Crippen LogP contribution in [0.1, 0.15) is 70.6 Å². The Bertz CT molecular complexity index is 1970. The predicted octanol–water partition coefficient (Wildman–Crippen LogP) is 11.8. The number of benzene rings is 3. The molecule has 5 rings (SSSR count). The van der Waals surface area contributed by atoms with Gasteiger partial charge in [0.15, 0.2) is 8.32 Å². The minimum atomic E-state index is -2.17. The fourth-order valence-corrected chi connectivity index (χ4v) is 11.2. The van der Waals surface area contributed by atoms with Crippen molar-refractivity contribution in [3.05, 3.63) is 120 Å². The maximum absolute atomic E-state index is 13.7. The van der Waals surface area contributed by atoms with Crippen LogP contribution in [0.4, 0.5) is 0 Å². The Kier molecular flexibility index (Phi) is 18.6. The lowest BCUT2D eigenvalue weighted by Crippen LogP contribution is -2.55. The summed E-state index contributed by atoms with van der Waals surface area (Å²) in [5.41, 5.74) is -0.932. The molecule has 2 fully saturated rings. The van der Waals surface area contributed by atoms with Gasteiger partial charge in [-0.05, 0) is 108 Å². The quantitative estimate of drug-likeness (QED) is 0.0261. The van der Waals surface area contributed by atoms with Crippen LogP contribution in [0.3, 0.4) is 0 Å². The van der Waals surface area contributed by atoms with Crippen LogP contribution in [0.15, 0.2) is 103 Å². The van der Waals surface area contributed by atoms with Gasteiger partial charge in [0.25, 0.3) is 0 Å². The summed E-state index contributed by atoms with van der Waals surface area (Å²) in [7, 11) is 1.45. The lowest BCUT2D eigenvalue weighted by molar-refractivity contribution is -0.175. The Balaban J connectivity index is 1.67. The smallest absolute Gasteiger partial charge is 0.191 e. The molecule has 3 aromatic rings. The van der Waals surface area contributed by atoms with Gasteiger partial charge in [0.1, 0.15) is 29.5 Å². The molecule has 6 atom stereocenters. The van der Waals surface area contributed by atoms with Crippen molar-refractivity contribution in [1.82, 2.24) is 0 Å². The largest absolute Gasteiger partial charge is 0.502 e. The second kappa shape index (κ2) is 22.9. The van der Waals surface area contributed by atoms with Gasteiger partial charge in [-0.15, -0.1) is 0 Å². The van der Waals surface area contributed by atoms with E-state index in [-0.39, 0.29) is 43.0 Å². The molecule has 1 N–H and O–H groups in total. The molecular weight excluding hydrogens is 865 g/mol. The van der Waals surface area contributed by atoms with Gasteiger partial charge in [-0.3, -0.25) is 0 Å². The van der Waals surface area contributed by atoms with Crippen molar-refractivity contribution in [2.75, 3.05) is 47.9 Å². The maximum atomic E-state index is 13.7. The highest BCUT2D eigenvalue weighted by Crippen LogP contribution is 2.71. The highest BCUT2D eigenvalue weighted by atomic mass is 28.4. The number of fused-ring (bicyclic) bond motifs is 2. The molecule has 0 radical (unpaired) electrons. The van der Waals surface area contributed by atoms with Crippen molar-refractivity contribution >= 4 is 16.4 Å². The SMILES string of the molecule is COCO[C@@H]1[C@H]2CC[C@](/C=C\OCC[Si](C)(C)C)(C2(C)C)[C@@]1(O)/C=C\[C@@](COCc1ccc(OC)cc1)(OCc1ccccc1)[C@@H](CCO[Si](C)(C)C(C)(C)C)OCc1ccc(OC)cc1. The van der Waals surface area contributed by atoms with Gasteiger partial charge < -0.3 is 47.4 Å². The second-order valence-corrected chi connectivity index (χ2v) is 32.0. The van der Waals surface area contributed by atoms with E-state index >= 15 is 0 Å². The highest BCUT2D eigenvalue weighted by molar-refractivity contribution is 6.76. The van der Waals surface area contributed by atoms with Crippen molar-refractivity contribution in [2.24, 2.45) is 16.7 Å². The maximum Gasteiger partial charge on any atom is 0.191 e. The topological polar surface area (TPSA) is 103 Å². The summed E-state index contributed by atoms with van der Waals surface area (Å²) in [4.78, 5) is 0. The van der Waals surface area contributed by atoms with Gasteiger partial charge >= 0.3 is 0 Å². The van der Waals surface area contributed by atoms with Gasteiger partial charge in [0, 0.05) is 27.2 Å². The zero-order chi connectivity index (χ0) is 48.3. The Morgan fingerprint density at radius 3 is 1.95 bits per heavy atom. The summed E-state index contributed by atoms with van der Waals surface area (Å²) in [6.45, 7) is 24.9. The number of aliphatic hydroxyl groups is 1. The molecule has 10 nitrogen and oxygen atoms in total. The van der Waals surface area contributed by atoms with Crippen LogP contribution in [-0.2, 0) is 52.7 Å². The fourth-order valence-electron chi connectivity index (χ4n) is 9.43. The summed E-state index contributed by atoms with van der Waals surface area (Å²) < 4.78 is 57.4. The summed E-state index contributed by atoms with van der Waals surface area (Å²) in [5.74, 6) is 1.57. The zero-order valence-electron chi connectivity index (χ0n) is 42.4. The molecule has 0 aromatic heterocycles. The van der Waals surface area contributed by atoms with E-state index in [2.05, 4.69) is 85.6 Å². The van der Waals surface area contributed by atoms with E-state index in [0.29, 0.717) is 26.2 Å². The van der Waals surface area contributed by atoms with Gasteiger partial charge in [-0.2, -0.15) is 0 Å². The first-order chi connectivity index (χ1) is 31.2. The minimum Gasteiger partial charge on any atom is -0.502 e. The van der Waals surface area contributed by atoms with Crippen LogP contribution in [0.2, 0.25) is 43.8 Å². The van der Waals surface area contributed by atoms with E-state index in [1.807, 2.05) is 85.1 Å². The highest BCUT2D eigenvalue weighted by Gasteiger charge is 2.74. The molecule has 3 aromatic carbocycles. The van der Waals surface area contributed by atoms with Crippen LogP contribution in [0.25, 0.3) is 0 Å². The molecule has 0 aliphatic heterocycles. The summed E-state index contributed by atoms with van der Waals surface area (Å²) >= 11 is 0. The van der Waals surface area contributed by atoms with E-state index in [1.165, 1.54) is 0 Å². The van der Waals surface area contributed by atoms with Crippen molar-refractivity contribution in [3.8, 4) is 11.5 Å². The van der Waals surface area contributed by atoms with Crippen molar-refractivity contribution < 1.29 is 47.4 Å². The molecule has 0 heterocycles. The van der Waals surface area contributed by atoms with E-state index < -0.39 is 45.2 Å². The average molecular weight is 947 g/mol. The summed E-state index contributed by atoms with van der Waals surface area (Å²) in [6, 6.07) is 27.0. The third kappa shape index (κ3) is 12.9. The van der Waals surface area contributed by atoms with E-state index in [9.17, 15) is 5.11 Å². The molecule has 12 heteroatoms. The first kappa shape index (κ1) is 53.6. The lowest BCUT2D eigenvalue weighted by Gasteiger charge is -2.47. The van der Waals surface area contributed by atoms with Crippen LogP contribution in [-0.4, -0.2) is 92.9 Å². The molecule has 0 amide bonds. The third-order valence-electron chi connectivity index (χ3n) is 14.8. The van der Waals surface area contributed by atoms with E-state index in [1.54, 1.807) is 21.3 Å². The Labute approximate surface area is 399 Å². The standard InChI is InChI=1S/C54H82O10Si2/c1-50(2,3)66(12,13)64-33-28-48(61-38-44-21-25-46(58-8)26-22-44)52(63-39-42-17-15-14-16-18-42,40-60-37-43-19-23-45(57-7)24-20-43)30-31-54(55)49(62-41-56-6)47-27-29-53(54,51(47,4)5)32-34-59-35-36-65(9,10)11/h14-26,30-32,34,47-49,55H,27-29,33,35-41H2,1-13H3/b31-30-,34-32-/t47-,48-,49-,52+,53+,54-/m1/s1. The Morgan fingerprint density at radius 2 is 1.38 bits per heavy atom. The molecule has 2 bridgehead atoms. The third-order valence-corrected chi connectivity index (χ3v) is 21.0. The molecule has 0 spiro atoms. The van der Waals surface area contributed by atoms with Crippen molar-refractivity contribution in [1.29, 1.82) is 0 Å². The van der Waals surface area contributed by atoms with Crippen molar-refractivity contribution in [3.63, 3.8) is 0 Å². The van der Waals surface area contributed by atoms with Crippen molar-refractivity contribution in [2.45, 2.75) is 141 Å². The predicted molar refractivity (Wildman–Crippen MR) is 269 cm³/mol. The van der Waals surface area contributed by atoms with E-state index in [4.69, 9.17) is 42.3 Å². The van der Waals surface area contributed by atoms with Gasteiger partial charge in [0.05, 0.1) is 65.7 Å². The fraction of sp³-hybridized carbons (Fsp3) is 0.593. The Morgan fingerprint density at radius 1 is 0.773 bits per heavy atom. The number of ether oxygens (including phenoxy) is 8. The number of rotatable bonds is 27. The normalized spacial score (nSPS) is 23.4. The van der Waals surface area contributed by atoms with Gasteiger partial charge in [-0.1, -0.05) is 115 Å². The van der Waals surface area contributed by atoms with Gasteiger partial charge in [-0.25, -0.2) is 0 Å². The van der Waals surface area contributed by atoms with Crippen LogP contribution < -0.4 is 9.47 Å². The van der Waals surface area contributed by atoms with Gasteiger partial charge in [0.2, 0.25) is 0 Å². The van der Waals surface area contributed by atoms with E-state index in [0.717, 1.165) is 47.1 Å². The first-order valence-electron chi connectivity index (χ1n) is 23.8. The number of hydrogen-bond acceptors (Lipinski definition) is 10. The van der Waals surface area contributed by atoms with Crippen LogP contribution in [0, 0.1) is 16.7 Å². The Hall–Kier alpha value is -3.31. The second-order valence-electron chi connectivity index (χ2n) is 21.6. The molecule has 0 saturated heterocycles. The number of methoxy groups -OCH3 is 3. The monoisotopic (exact) mass is 947 g/mol. The summed E-state index contributed by atoms with van der Waals surface area (Å²) in [5, 5.41) is 13.7. The average Bonchev–Trinajstić information content (AvgIpc) is 3.61.